The second-order valence-corrected chi connectivity index (χ2v) is 6.20. The fraction of sp³-hybridized carbons (Fsp3) is 0.600. The molecular weight excluding hydrogens is 226 g/mol. The highest BCUT2D eigenvalue weighted by molar-refractivity contribution is 7.98. The maximum absolute atomic E-state index is 6.66. The summed E-state index contributed by atoms with van der Waals surface area (Å²) in [4.78, 5) is 1.37. The van der Waals surface area contributed by atoms with Gasteiger partial charge in [0.25, 0.3) is 0 Å². The smallest absolute Gasteiger partial charge is 0.0420 e. The molecule has 0 spiro atoms. The van der Waals surface area contributed by atoms with Crippen molar-refractivity contribution >= 4 is 11.8 Å². The second-order valence-electron chi connectivity index (χ2n) is 5.35. The van der Waals surface area contributed by atoms with Crippen molar-refractivity contribution in [1.82, 2.24) is 0 Å². The van der Waals surface area contributed by atoms with Gasteiger partial charge in [0.1, 0.15) is 0 Å². The van der Waals surface area contributed by atoms with Gasteiger partial charge in [-0.15, -0.1) is 11.8 Å². The van der Waals surface area contributed by atoms with Crippen molar-refractivity contribution < 1.29 is 0 Å². The van der Waals surface area contributed by atoms with Gasteiger partial charge in [0.2, 0.25) is 0 Å². The maximum Gasteiger partial charge on any atom is 0.0420 e. The van der Waals surface area contributed by atoms with Crippen LogP contribution < -0.4 is 5.73 Å². The van der Waals surface area contributed by atoms with Crippen molar-refractivity contribution in [3.05, 3.63) is 28.8 Å². The average Bonchev–Trinajstić information content (AvgIpc) is 2.33. The minimum Gasteiger partial charge on any atom is -0.321 e. The van der Waals surface area contributed by atoms with Gasteiger partial charge in [-0.05, 0) is 55.7 Å². The first-order valence-electron chi connectivity index (χ1n) is 6.51. The van der Waals surface area contributed by atoms with E-state index in [0.717, 1.165) is 12.8 Å². The molecular formula is C15H23NS. The highest BCUT2D eigenvalue weighted by Gasteiger charge is 2.31. The summed E-state index contributed by atoms with van der Waals surface area (Å²) in [5.74, 6) is 0. The van der Waals surface area contributed by atoms with Gasteiger partial charge < -0.3 is 5.73 Å². The Morgan fingerprint density at radius 1 is 1.06 bits per heavy atom. The summed E-state index contributed by atoms with van der Waals surface area (Å²) in [7, 11) is 0. The molecule has 17 heavy (non-hydrogen) atoms. The van der Waals surface area contributed by atoms with E-state index < -0.39 is 0 Å². The molecule has 1 saturated carbocycles. The molecule has 0 saturated heterocycles. The quantitative estimate of drug-likeness (QED) is 0.797. The van der Waals surface area contributed by atoms with E-state index in [9.17, 15) is 0 Å². The van der Waals surface area contributed by atoms with Crippen LogP contribution in [0.4, 0.5) is 0 Å². The van der Waals surface area contributed by atoms with Crippen molar-refractivity contribution in [3.8, 4) is 0 Å². The van der Waals surface area contributed by atoms with Gasteiger partial charge in [-0.1, -0.05) is 25.3 Å². The van der Waals surface area contributed by atoms with Gasteiger partial charge in [-0.3, -0.25) is 0 Å². The highest BCUT2D eigenvalue weighted by Crippen LogP contribution is 2.39. The molecule has 0 bridgehead atoms. The zero-order valence-corrected chi connectivity index (χ0v) is 12.0. The van der Waals surface area contributed by atoms with E-state index in [1.807, 2.05) is 11.8 Å². The number of thioether (sulfide) groups is 1. The molecule has 1 fully saturated rings. The Bertz CT molecular complexity index is 406. The van der Waals surface area contributed by atoms with Crippen LogP contribution in [0.3, 0.4) is 0 Å². The Kier molecular flexibility index (Phi) is 3.84. The molecule has 1 aromatic carbocycles. The average molecular weight is 249 g/mol. The van der Waals surface area contributed by atoms with Gasteiger partial charge in [0.15, 0.2) is 0 Å². The van der Waals surface area contributed by atoms with E-state index in [-0.39, 0.29) is 5.54 Å². The topological polar surface area (TPSA) is 26.0 Å². The zero-order chi connectivity index (χ0) is 12.5. The Balaban J connectivity index is 2.45. The molecule has 2 heteroatoms. The third-order valence-electron chi connectivity index (χ3n) is 4.10. The van der Waals surface area contributed by atoms with Crippen LogP contribution in [-0.4, -0.2) is 6.26 Å². The third-order valence-corrected chi connectivity index (χ3v) is 4.88. The minimum atomic E-state index is -0.0744. The van der Waals surface area contributed by atoms with Crippen LogP contribution >= 0.6 is 11.8 Å². The molecule has 1 aliphatic carbocycles. The maximum atomic E-state index is 6.66. The van der Waals surface area contributed by atoms with E-state index in [1.54, 1.807) is 0 Å². The summed E-state index contributed by atoms with van der Waals surface area (Å²) < 4.78 is 0. The fourth-order valence-electron chi connectivity index (χ4n) is 2.80. The summed E-state index contributed by atoms with van der Waals surface area (Å²) in [6.45, 7) is 4.37. The predicted octanol–water partition coefficient (Wildman–Crippen LogP) is 4.14. The fourth-order valence-corrected chi connectivity index (χ4v) is 3.58. The van der Waals surface area contributed by atoms with Crippen molar-refractivity contribution in [3.63, 3.8) is 0 Å². The number of rotatable bonds is 2. The van der Waals surface area contributed by atoms with E-state index in [4.69, 9.17) is 5.73 Å². The Morgan fingerprint density at radius 3 is 2.24 bits per heavy atom. The highest BCUT2D eigenvalue weighted by atomic mass is 32.2. The van der Waals surface area contributed by atoms with Crippen LogP contribution in [0, 0.1) is 13.8 Å². The molecule has 0 atom stereocenters. The second kappa shape index (κ2) is 5.03. The first-order valence-corrected chi connectivity index (χ1v) is 7.74. The molecule has 0 unspecified atom stereocenters. The molecule has 0 aromatic heterocycles. The number of benzene rings is 1. The lowest BCUT2D eigenvalue weighted by Gasteiger charge is -2.35. The summed E-state index contributed by atoms with van der Waals surface area (Å²) in [5, 5.41) is 0. The molecule has 1 nitrogen and oxygen atoms in total. The Hall–Kier alpha value is -0.470. The van der Waals surface area contributed by atoms with Crippen molar-refractivity contribution in [1.29, 1.82) is 0 Å². The Labute approximate surface area is 109 Å². The molecule has 0 aliphatic heterocycles. The van der Waals surface area contributed by atoms with E-state index in [0.29, 0.717) is 0 Å². The number of hydrogen-bond donors (Lipinski definition) is 1. The molecule has 0 heterocycles. The predicted molar refractivity (Wildman–Crippen MR) is 76.6 cm³/mol. The summed E-state index contributed by atoms with van der Waals surface area (Å²) in [6.07, 6.45) is 8.33. The first-order chi connectivity index (χ1) is 8.07. The molecule has 0 amide bonds. The lowest BCUT2D eigenvalue weighted by molar-refractivity contribution is 0.298. The van der Waals surface area contributed by atoms with Gasteiger partial charge in [-0.25, -0.2) is 0 Å². The van der Waals surface area contributed by atoms with Crippen LogP contribution in [0.15, 0.2) is 17.0 Å². The van der Waals surface area contributed by atoms with Gasteiger partial charge >= 0.3 is 0 Å². The molecule has 94 valence electrons. The number of hydrogen-bond acceptors (Lipinski definition) is 2. The lowest BCUT2D eigenvalue weighted by atomic mass is 9.77. The molecule has 1 aliphatic rings. The normalized spacial score (nSPS) is 19.3. The van der Waals surface area contributed by atoms with Crippen molar-refractivity contribution in [2.45, 2.75) is 56.4 Å². The molecule has 0 radical (unpaired) electrons. The largest absolute Gasteiger partial charge is 0.321 e. The van der Waals surface area contributed by atoms with E-state index in [1.165, 1.54) is 40.8 Å². The third kappa shape index (κ3) is 2.53. The number of aryl methyl sites for hydroxylation is 2. The molecule has 2 N–H and O–H groups in total. The van der Waals surface area contributed by atoms with E-state index in [2.05, 4.69) is 32.2 Å². The van der Waals surface area contributed by atoms with Crippen LogP contribution in [0.25, 0.3) is 0 Å². The SMILES string of the molecule is CSc1cc(C)c(C)cc1C1(N)CCCCC1. The van der Waals surface area contributed by atoms with Gasteiger partial charge in [0.05, 0.1) is 0 Å². The molecule has 1 aromatic rings. The monoisotopic (exact) mass is 249 g/mol. The summed E-state index contributed by atoms with van der Waals surface area (Å²) in [5.41, 5.74) is 10.7. The van der Waals surface area contributed by atoms with Crippen molar-refractivity contribution in [2.75, 3.05) is 6.26 Å². The Morgan fingerprint density at radius 2 is 1.65 bits per heavy atom. The van der Waals surface area contributed by atoms with Crippen LogP contribution in [0.2, 0.25) is 0 Å². The van der Waals surface area contributed by atoms with Gasteiger partial charge in [-0.2, -0.15) is 0 Å². The zero-order valence-electron chi connectivity index (χ0n) is 11.2. The number of nitrogens with two attached hydrogens (primary N) is 1. The van der Waals surface area contributed by atoms with E-state index >= 15 is 0 Å². The van der Waals surface area contributed by atoms with Crippen LogP contribution in [0.1, 0.15) is 48.8 Å². The molecule has 2 rings (SSSR count). The standard InChI is InChI=1S/C15H23NS/c1-11-9-13(14(17-3)10-12(11)2)15(16)7-5-4-6-8-15/h9-10H,4-8,16H2,1-3H3. The van der Waals surface area contributed by atoms with Crippen LogP contribution in [-0.2, 0) is 5.54 Å². The minimum absolute atomic E-state index is 0.0744. The van der Waals surface area contributed by atoms with Crippen LogP contribution in [0.5, 0.6) is 0 Å². The summed E-state index contributed by atoms with van der Waals surface area (Å²) in [6, 6.07) is 4.63. The van der Waals surface area contributed by atoms with Crippen molar-refractivity contribution in [2.24, 2.45) is 5.73 Å². The lowest BCUT2D eigenvalue weighted by Crippen LogP contribution is -2.39. The first kappa shape index (κ1) is 13.0. The summed E-state index contributed by atoms with van der Waals surface area (Å²) >= 11 is 1.83. The van der Waals surface area contributed by atoms with Gasteiger partial charge in [0, 0.05) is 10.4 Å².